The molecule has 0 spiro atoms. The van der Waals surface area contributed by atoms with Crippen LogP contribution in [0.4, 0.5) is 4.39 Å². The number of carbonyl (C=O) groups excluding carboxylic acids is 1. The molecule has 1 saturated heterocycles. The smallest absolute Gasteiger partial charge is 0.275 e. The Hall–Kier alpha value is -3.02. The number of nitrogens with zero attached hydrogens (tertiary/aromatic N) is 3. The molecule has 0 aliphatic carbocycles. The second-order valence-electron chi connectivity index (χ2n) is 6.54. The molecule has 0 saturated carbocycles. The fourth-order valence-electron chi connectivity index (χ4n) is 3.45. The zero-order valence-electron chi connectivity index (χ0n) is 14.4. The van der Waals surface area contributed by atoms with E-state index >= 15 is 0 Å². The van der Waals surface area contributed by atoms with E-state index in [1.807, 2.05) is 19.1 Å². The van der Waals surface area contributed by atoms with Crippen LogP contribution in [0.15, 0.2) is 53.3 Å². The SMILES string of the molecule is Cc1nn(CC(=O)N2CC[C@H]2c2ccc(F)cc2)c(=O)c2ccccc12. The maximum absolute atomic E-state index is 13.1. The molecule has 0 N–H and O–H groups in total. The topological polar surface area (TPSA) is 55.2 Å². The summed E-state index contributed by atoms with van der Waals surface area (Å²) in [6.07, 6.45) is 0.830. The number of rotatable bonds is 3. The molecule has 1 amide bonds. The van der Waals surface area contributed by atoms with Crippen molar-refractivity contribution in [3.8, 4) is 0 Å². The van der Waals surface area contributed by atoms with Crippen molar-refractivity contribution in [1.29, 1.82) is 0 Å². The number of amides is 1. The average molecular weight is 351 g/mol. The van der Waals surface area contributed by atoms with Crippen molar-refractivity contribution in [3.63, 3.8) is 0 Å². The summed E-state index contributed by atoms with van der Waals surface area (Å²) in [5, 5.41) is 5.66. The van der Waals surface area contributed by atoms with Gasteiger partial charge < -0.3 is 4.90 Å². The van der Waals surface area contributed by atoms with Gasteiger partial charge in [-0.1, -0.05) is 30.3 Å². The lowest BCUT2D eigenvalue weighted by atomic mass is 9.94. The van der Waals surface area contributed by atoms with Crippen LogP contribution in [0.3, 0.4) is 0 Å². The molecule has 26 heavy (non-hydrogen) atoms. The zero-order valence-corrected chi connectivity index (χ0v) is 14.4. The molecule has 0 unspecified atom stereocenters. The Morgan fingerprint density at radius 2 is 1.85 bits per heavy atom. The third-order valence-electron chi connectivity index (χ3n) is 4.93. The number of benzene rings is 2. The number of carbonyl (C=O) groups is 1. The number of aryl methyl sites for hydroxylation is 1. The van der Waals surface area contributed by atoms with Gasteiger partial charge in [-0.05, 0) is 37.1 Å². The van der Waals surface area contributed by atoms with Crippen LogP contribution in [0.1, 0.15) is 23.7 Å². The highest BCUT2D eigenvalue weighted by Crippen LogP contribution is 2.33. The van der Waals surface area contributed by atoms with Crippen LogP contribution in [-0.4, -0.2) is 27.1 Å². The molecule has 4 rings (SSSR count). The highest BCUT2D eigenvalue weighted by Gasteiger charge is 2.33. The van der Waals surface area contributed by atoms with E-state index in [4.69, 9.17) is 0 Å². The van der Waals surface area contributed by atoms with E-state index in [0.717, 1.165) is 17.4 Å². The number of hydrogen-bond donors (Lipinski definition) is 0. The van der Waals surface area contributed by atoms with Crippen molar-refractivity contribution in [2.45, 2.75) is 25.9 Å². The first-order valence-electron chi connectivity index (χ1n) is 8.56. The third-order valence-corrected chi connectivity index (χ3v) is 4.93. The van der Waals surface area contributed by atoms with Crippen LogP contribution in [0.2, 0.25) is 0 Å². The van der Waals surface area contributed by atoms with E-state index in [-0.39, 0.29) is 29.9 Å². The number of halogens is 1. The number of hydrogen-bond acceptors (Lipinski definition) is 3. The van der Waals surface area contributed by atoms with Crippen molar-refractivity contribution in [1.82, 2.24) is 14.7 Å². The van der Waals surface area contributed by atoms with E-state index in [1.54, 1.807) is 29.2 Å². The molecule has 2 aromatic carbocycles. The van der Waals surface area contributed by atoms with Gasteiger partial charge >= 0.3 is 0 Å². The van der Waals surface area contributed by atoms with Gasteiger partial charge in [-0.3, -0.25) is 9.59 Å². The third kappa shape index (κ3) is 2.77. The van der Waals surface area contributed by atoms with Gasteiger partial charge in [0.2, 0.25) is 5.91 Å². The van der Waals surface area contributed by atoms with Crippen molar-refractivity contribution < 1.29 is 9.18 Å². The van der Waals surface area contributed by atoms with Gasteiger partial charge in [-0.25, -0.2) is 9.07 Å². The molecule has 3 aromatic rings. The van der Waals surface area contributed by atoms with Gasteiger partial charge in [0, 0.05) is 11.9 Å². The van der Waals surface area contributed by atoms with Gasteiger partial charge in [-0.15, -0.1) is 0 Å². The Morgan fingerprint density at radius 1 is 1.15 bits per heavy atom. The molecule has 1 atom stereocenters. The number of aromatic nitrogens is 2. The molecule has 1 aliphatic heterocycles. The van der Waals surface area contributed by atoms with Gasteiger partial charge in [0.05, 0.1) is 17.1 Å². The lowest BCUT2D eigenvalue weighted by Crippen LogP contribution is -2.47. The quantitative estimate of drug-likeness (QED) is 0.729. The molecule has 0 bridgehead atoms. The van der Waals surface area contributed by atoms with Crippen LogP contribution in [-0.2, 0) is 11.3 Å². The Labute approximate surface area is 149 Å². The molecule has 0 radical (unpaired) electrons. The Kier molecular flexibility index (Phi) is 4.03. The van der Waals surface area contributed by atoms with E-state index < -0.39 is 0 Å². The summed E-state index contributed by atoms with van der Waals surface area (Å²) >= 11 is 0. The fourth-order valence-corrected chi connectivity index (χ4v) is 3.45. The lowest BCUT2D eigenvalue weighted by Gasteiger charge is -2.41. The summed E-state index contributed by atoms with van der Waals surface area (Å²) in [6.45, 7) is 2.36. The van der Waals surface area contributed by atoms with E-state index in [2.05, 4.69) is 5.10 Å². The van der Waals surface area contributed by atoms with Crippen molar-refractivity contribution >= 4 is 16.7 Å². The lowest BCUT2D eigenvalue weighted by molar-refractivity contribution is -0.140. The maximum atomic E-state index is 13.1. The summed E-state index contributed by atoms with van der Waals surface area (Å²) in [5.74, 6) is -0.455. The maximum Gasteiger partial charge on any atom is 0.275 e. The normalized spacial score (nSPS) is 16.5. The molecule has 2 heterocycles. The summed E-state index contributed by atoms with van der Waals surface area (Å²) in [6, 6.07) is 13.4. The largest absolute Gasteiger partial charge is 0.334 e. The Balaban J connectivity index is 1.59. The summed E-state index contributed by atoms with van der Waals surface area (Å²) in [5.41, 5.74) is 1.35. The predicted molar refractivity (Wildman–Crippen MR) is 96.2 cm³/mol. The minimum absolute atomic E-state index is 0.0691. The summed E-state index contributed by atoms with van der Waals surface area (Å²) in [4.78, 5) is 27.0. The van der Waals surface area contributed by atoms with Crippen molar-refractivity contribution in [3.05, 3.63) is 76.0 Å². The molecule has 132 valence electrons. The summed E-state index contributed by atoms with van der Waals surface area (Å²) in [7, 11) is 0. The first-order valence-corrected chi connectivity index (χ1v) is 8.56. The van der Waals surface area contributed by atoms with Crippen LogP contribution in [0.5, 0.6) is 0 Å². The minimum Gasteiger partial charge on any atom is -0.334 e. The first kappa shape index (κ1) is 16.4. The first-order chi connectivity index (χ1) is 12.5. The average Bonchev–Trinajstić information content (AvgIpc) is 2.60. The van der Waals surface area contributed by atoms with Gasteiger partial charge in [0.1, 0.15) is 12.4 Å². The van der Waals surface area contributed by atoms with Gasteiger partial charge in [0.25, 0.3) is 5.56 Å². The standard InChI is InChI=1S/C20H18FN3O2/c1-13-16-4-2-3-5-17(16)20(26)24(22-13)12-19(25)23-11-10-18(23)14-6-8-15(21)9-7-14/h2-9,18H,10-12H2,1H3/t18-/m0/s1. The summed E-state index contributed by atoms with van der Waals surface area (Å²) < 4.78 is 14.3. The Morgan fingerprint density at radius 3 is 2.50 bits per heavy atom. The predicted octanol–water partition coefficient (Wildman–Crippen LogP) is 2.82. The molecule has 1 aliphatic rings. The van der Waals surface area contributed by atoms with Crippen LogP contribution >= 0.6 is 0 Å². The van der Waals surface area contributed by atoms with E-state index in [1.165, 1.54) is 16.8 Å². The second-order valence-corrected chi connectivity index (χ2v) is 6.54. The number of fused-ring (bicyclic) bond motifs is 1. The highest BCUT2D eigenvalue weighted by atomic mass is 19.1. The molecular formula is C20H18FN3O2. The molecule has 1 fully saturated rings. The molecule has 6 heteroatoms. The van der Waals surface area contributed by atoms with Gasteiger partial charge in [-0.2, -0.15) is 5.10 Å². The van der Waals surface area contributed by atoms with Crippen molar-refractivity contribution in [2.75, 3.05) is 6.54 Å². The monoisotopic (exact) mass is 351 g/mol. The minimum atomic E-state index is -0.298. The van der Waals surface area contributed by atoms with Crippen molar-refractivity contribution in [2.24, 2.45) is 0 Å². The van der Waals surface area contributed by atoms with Crippen LogP contribution in [0, 0.1) is 12.7 Å². The fraction of sp³-hybridized carbons (Fsp3) is 0.250. The van der Waals surface area contributed by atoms with Crippen LogP contribution < -0.4 is 5.56 Å². The van der Waals surface area contributed by atoms with Gasteiger partial charge in [0.15, 0.2) is 0 Å². The zero-order chi connectivity index (χ0) is 18.3. The van der Waals surface area contributed by atoms with E-state index in [9.17, 15) is 14.0 Å². The number of likely N-dealkylation sites (tertiary alicyclic amines) is 1. The van der Waals surface area contributed by atoms with E-state index in [0.29, 0.717) is 17.6 Å². The second kappa shape index (κ2) is 6.37. The molecular weight excluding hydrogens is 333 g/mol. The Bertz CT molecular complexity index is 1040. The highest BCUT2D eigenvalue weighted by molar-refractivity contribution is 5.84. The van der Waals surface area contributed by atoms with Crippen LogP contribution in [0.25, 0.3) is 10.8 Å². The molecule has 5 nitrogen and oxygen atoms in total. The molecule has 1 aromatic heterocycles.